The van der Waals surface area contributed by atoms with Crippen molar-refractivity contribution < 1.29 is 19.1 Å². The van der Waals surface area contributed by atoms with Crippen LogP contribution in [-0.4, -0.2) is 24.8 Å². The van der Waals surface area contributed by atoms with E-state index in [1.54, 1.807) is 31.4 Å². The Bertz CT molecular complexity index is 761. The highest BCUT2D eigenvalue weighted by Crippen LogP contribution is 2.11. The summed E-state index contributed by atoms with van der Waals surface area (Å²) in [7, 11) is 1.57. The third-order valence-electron chi connectivity index (χ3n) is 3.78. The molecule has 0 aromatic heterocycles. The molecule has 0 atom stereocenters. The minimum absolute atomic E-state index is 0.0105. The Hall–Kier alpha value is -3.35. The van der Waals surface area contributed by atoms with Gasteiger partial charge in [-0.2, -0.15) is 0 Å². The lowest BCUT2D eigenvalue weighted by Gasteiger charge is -2.08. The number of benzene rings is 2. The number of nitrogens with one attached hydrogen (secondary N) is 3. The van der Waals surface area contributed by atoms with E-state index in [1.165, 1.54) is 0 Å². The molecule has 0 spiro atoms. The Morgan fingerprint density at radius 2 is 1.41 bits per heavy atom. The first kappa shape index (κ1) is 20.0. The monoisotopic (exact) mass is 369 g/mol. The Morgan fingerprint density at radius 1 is 0.778 bits per heavy atom. The van der Waals surface area contributed by atoms with Gasteiger partial charge in [0.1, 0.15) is 5.75 Å². The SMILES string of the molecule is COc1ccc(CC(=O)NNC(=O)CCC(=O)NCc2ccccc2)cc1. The van der Waals surface area contributed by atoms with Gasteiger partial charge in [0.15, 0.2) is 0 Å². The van der Waals surface area contributed by atoms with Crippen molar-refractivity contribution in [3.8, 4) is 5.75 Å². The Kier molecular flexibility index (Phi) is 7.84. The smallest absolute Gasteiger partial charge is 0.242 e. The van der Waals surface area contributed by atoms with Gasteiger partial charge < -0.3 is 10.1 Å². The van der Waals surface area contributed by atoms with Crippen LogP contribution in [0, 0.1) is 0 Å². The second-order valence-corrected chi connectivity index (χ2v) is 5.88. The first-order valence-corrected chi connectivity index (χ1v) is 8.58. The number of methoxy groups -OCH3 is 1. The lowest BCUT2D eigenvalue weighted by molar-refractivity contribution is -0.130. The van der Waals surface area contributed by atoms with Crippen LogP contribution >= 0.6 is 0 Å². The van der Waals surface area contributed by atoms with Gasteiger partial charge in [0, 0.05) is 19.4 Å². The highest BCUT2D eigenvalue weighted by molar-refractivity contribution is 5.86. The molecule has 0 saturated heterocycles. The largest absolute Gasteiger partial charge is 0.497 e. The average molecular weight is 369 g/mol. The zero-order valence-electron chi connectivity index (χ0n) is 15.2. The zero-order valence-corrected chi connectivity index (χ0v) is 15.2. The Balaban J connectivity index is 1.61. The highest BCUT2D eigenvalue weighted by atomic mass is 16.5. The normalized spacial score (nSPS) is 9.96. The number of amides is 3. The lowest BCUT2D eigenvalue weighted by Crippen LogP contribution is -2.42. The van der Waals surface area contributed by atoms with Crippen LogP contribution in [0.2, 0.25) is 0 Å². The van der Waals surface area contributed by atoms with Gasteiger partial charge in [0.25, 0.3) is 0 Å². The minimum Gasteiger partial charge on any atom is -0.497 e. The number of carbonyl (C=O) groups is 3. The van der Waals surface area contributed by atoms with Crippen molar-refractivity contribution in [1.82, 2.24) is 16.2 Å². The fourth-order valence-corrected chi connectivity index (χ4v) is 2.29. The van der Waals surface area contributed by atoms with Crippen LogP contribution in [0.5, 0.6) is 5.75 Å². The van der Waals surface area contributed by atoms with E-state index in [9.17, 15) is 14.4 Å². The van der Waals surface area contributed by atoms with Crippen LogP contribution in [0.4, 0.5) is 0 Å². The molecular weight excluding hydrogens is 346 g/mol. The molecule has 0 heterocycles. The molecule has 0 aliphatic rings. The second kappa shape index (κ2) is 10.6. The average Bonchev–Trinajstić information content (AvgIpc) is 2.70. The van der Waals surface area contributed by atoms with Crippen molar-refractivity contribution in [3.63, 3.8) is 0 Å². The summed E-state index contributed by atoms with van der Waals surface area (Å²) in [5.41, 5.74) is 6.43. The number of ether oxygens (including phenoxy) is 1. The third-order valence-corrected chi connectivity index (χ3v) is 3.78. The topological polar surface area (TPSA) is 96.5 Å². The van der Waals surface area contributed by atoms with Gasteiger partial charge in [-0.25, -0.2) is 0 Å². The van der Waals surface area contributed by atoms with E-state index in [1.807, 2.05) is 30.3 Å². The molecule has 0 saturated carbocycles. The van der Waals surface area contributed by atoms with Crippen molar-refractivity contribution in [2.45, 2.75) is 25.8 Å². The van der Waals surface area contributed by atoms with Crippen LogP contribution in [0.15, 0.2) is 54.6 Å². The van der Waals surface area contributed by atoms with Crippen LogP contribution in [0.1, 0.15) is 24.0 Å². The number of rotatable bonds is 8. The van der Waals surface area contributed by atoms with E-state index in [-0.39, 0.29) is 31.1 Å². The molecule has 0 aliphatic heterocycles. The Morgan fingerprint density at radius 3 is 2.07 bits per heavy atom. The van der Waals surface area contributed by atoms with Gasteiger partial charge in [-0.05, 0) is 23.3 Å². The Labute approximate surface area is 158 Å². The number of carbonyl (C=O) groups excluding carboxylic acids is 3. The van der Waals surface area contributed by atoms with Crippen LogP contribution < -0.4 is 20.9 Å². The van der Waals surface area contributed by atoms with E-state index in [2.05, 4.69) is 16.2 Å². The van der Waals surface area contributed by atoms with Crippen molar-refractivity contribution in [2.75, 3.05) is 7.11 Å². The van der Waals surface area contributed by atoms with Gasteiger partial charge in [-0.1, -0.05) is 42.5 Å². The van der Waals surface area contributed by atoms with Crippen molar-refractivity contribution in [3.05, 3.63) is 65.7 Å². The van der Waals surface area contributed by atoms with Crippen molar-refractivity contribution in [2.24, 2.45) is 0 Å². The molecule has 0 unspecified atom stereocenters. The van der Waals surface area contributed by atoms with Crippen LogP contribution in [0.25, 0.3) is 0 Å². The second-order valence-electron chi connectivity index (χ2n) is 5.88. The quantitative estimate of drug-likeness (QED) is 0.614. The third kappa shape index (κ3) is 7.60. The van der Waals surface area contributed by atoms with E-state index in [0.717, 1.165) is 11.1 Å². The van der Waals surface area contributed by atoms with E-state index >= 15 is 0 Å². The molecule has 27 heavy (non-hydrogen) atoms. The maximum Gasteiger partial charge on any atom is 0.242 e. The lowest BCUT2D eigenvalue weighted by atomic mass is 10.1. The van der Waals surface area contributed by atoms with Gasteiger partial charge in [-0.15, -0.1) is 0 Å². The molecule has 0 radical (unpaired) electrons. The van der Waals surface area contributed by atoms with E-state index < -0.39 is 5.91 Å². The summed E-state index contributed by atoms with van der Waals surface area (Å²) in [6, 6.07) is 16.6. The zero-order chi connectivity index (χ0) is 19.5. The predicted molar refractivity (Wildman–Crippen MR) is 101 cm³/mol. The van der Waals surface area contributed by atoms with Crippen LogP contribution in [0.3, 0.4) is 0 Å². The molecule has 3 N–H and O–H groups in total. The molecule has 7 nitrogen and oxygen atoms in total. The molecular formula is C20H23N3O4. The summed E-state index contributed by atoms with van der Waals surface area (Å²) < 4.78 is 5.05. The summed E-state index contributed by atoms with van der Waals surface area (Å²) in [6.07, 6.45) is 0.165. The van der Waals surface area contributed by atoms with Gasteiger partial charge >= 0.3 is 0 Å². The maximum absolute atomic E-state index is 11.8. The predicted octanol–water partition coefficient (Wildman–Crippen LogP) is 1.48. The molecule has 2 aromatic rings. The van der Waals surface area contributed by atoms with E-state index in [0.29, 0.717) is 12.3 Å². The molecule has 0 fully saturated rings. The van der Waals surface area contributed by atoms with Crippen LogP contribution in [-0.2, 0) is 27.3 Å². The summed E-state index contributed by atoms with van der Waals surface area (Å²) >= 11 is 0. The van der Waals surface area contributed by atoms with Crippen molar-refractivity contribution >= 4 is 17.7 Å². The summed E-state index contributed by atoms with van der Waals surface area (Å²) in [5.74, 6) is -0.286. The fourth-order valence-electron chi connectivity index (χ4n) is 2.29. The maximum atomic E-state index is 11.8. The van der Waals surface area contributed by atoms with E-state index in [4.69, 9.17) is 4.74 Å². The fraction of sp³-hybridized carbons (Fsp3) is 0.250. The molecule has 2 aromatic carbocycles. The number of hydrazine groups is 1. The number of hydrogen-bond donors (Lipinski definition) is 3. The number of hydrogen-bond acceptors (Lipinski definition) is 4. The molecule has 3 amide bonds. The summed E-state index contributed by atoms with van der Waals surface area (Å²) in [5, 5.41) is 2.74. The highest BCUT2D eigenvalue weighted by Gasteiger charge is 2.09. The van der Waals surface area contributed by atoms with Gasteiger partial charge in [0.2, 0.25) is 17.7 Å². The summed E-state index contributed by atoms with van der Waals surface area (Å²) in [4.78, 5) is 35.3. The summed E-state index contributed by atoms with van der Waals surface area (Å²) in [6.45, 7) is 0.417. The molecule has 7 heteroatoms. The molecule has 2 rings (SSSR count). The van der Waals surface area contributed by atoms with Gasteiger partial charge in [-0.3, -0.25) is 25.2 Å². The first-order chi connectivity index (χ1) is 13.1. The molecule has 0 bridgehead atoms. The van der Waals surface area contributed by atoms with Gasteiger partial charge in [0.05, 0.1) is 13.5 Å². The molecule has 142 valence electrons. The molecule has 0 aliphatic carbocycles. The standard InChI is InChI=1S/C20H23N3O4/c1-27-17-9-7-15(8-10-17)13-20(26)23-22-19(25)12-11-18(24)21-14-16-5-3-2-4-6-16/h2-10H,11-14H2,1H3,(H,21,24)(H,22,25)(H,23,26). The first-order valence-electron chi connectivity index (χ1n) is 8.58. The minimum atomic E-state index is -0.423. The van der Waals surface area contributed by atoms with Crippen molar-refractivity contribution in [1.29, 1.82) is 0 Å².